The first-order valence-electron chi connectivity index (χ1n) is 6.01. The molecule has 0 amide bonds. The van der Waals surface area contributed by atoms with Gasteiger partial charge in [0.05, 0.1) is 17.4 Å². The molecule has 0 radical (unpaired) electrons. The van der Waals surface area contributed by atoms with Gasteiger partial charge in [0.1, 0.15) is 0 Å². The van der Waals surface area contributed by atoms with Gasteiger partial charge in [-0.2, -0.15) is 0 Å². The molecule has 0 bridgehead atoms. The number of nitrogens with two attached hydrogens (primary N) is 1. The van der Waals surface area contributed by atoms with Crippen LogP contribution in [0, 0.1) is 0 Å². The lowest BCUT2D eigenvalue weighted by Crippen LogP contribution is -2.52. The van der Waals surface area contributed by atoms with E-state index in [1.807, 2.05) is 12.3 Å². The smallest absolute Gasteiger partial charge is 0.185 e. The van der Waals surface area contributed by atoms with Gasteiger partial charge in [0.2, 0.25) is 0 Å². The molecule has 1 aliphatic heterocycles. The molecule has 2 N–H and O–H groups in total. The molecule has 5 heteroatoms. The maximum Gasteiger partial charge on any atom is 0.185 e. The van der Waals surface area contributed by atoms with Gasteiger partial charge in [0, 0.05) is 24.5 Å². The zero-order valence-corrected chi connectivity index (χ0v) is 11.8. The third kappa shape index (κ3) is 2.97. The second kappa shape index (κ2) is 4.55. The van der Waals surface area contributed by atoms with Crippen molar-refractivity contribution in [3.8, 4) is 0 Å². The number of hydrogen-bond donors (Lipinski definition) is 1. The van der Waals surface area contributed by atoms with Crippen molar-refractivity contribution in [3.63, 3.8) is 0 Å². The van der Waals surface area contributed by atoms with Crippen molar-refractivity contribution in [2.45, 2.75) is 45.4 Å². The van der Waals surface area contributed by atoms with Crippen LogP contribution in [0.1, 0.15) is 39.4 Å². The summed E-state index contributed by atoms with van der Waals surface area (Å²) >= 11 is 1.67. The number of aromatic nitrogens is 1. The largest absolute Gasteiger partial charge is 0.369 e. The molecule has 0 aliphatic carbocycles. The van der Waals surface area contributed by atoms with Crippen molar-refractivity contribution >= 4 is 16.5 Å². The number of ether oxygens (including phenoxy) is 1. The molecule has 1 saturated heterocycles. The number of morpholine rings is 1. The van der Waals surface area contributed by atoms with Gasteiger partial charge in [-0.3, -0.25) is 0 Å². The molecule has 17 heavy (non-hydrogen) atoms. The summed E-state index contributed by atoms with van der Waals surface area (Å²) in [6, 6.07) is 0.00599. The molecule has 0 spiro atoms. The van der Waals surface area contributed by atoms with Crippen molar-refractivity contribution in [2.75, 3.05) is 18.0 Å². The van der Waals surface area contributed by atoms with E-state index < -0.39 is 0 Å². The Bertz CT molecular complexity index is 389. The summed E-state index contributed by atoms with van der Waals surface area (Å²) in [7, 11) is 0. The first-order chi connectivity index (χ1) is 7.87. The third-order valence-electron chi connectivity index (χ3n) is 2.82. The number of nitrogens with zero attached hydrogens (tertiary/aromatic N) is 2. The van der Waals surface area contributed by atoms with Crippen LogP contribution in [0.25, 0.3) is 0 Å². The van der Waals surface area contributed by atoms with Gasteiger partial charge < -0.3 is 15.4 Å². The second-order valence-electron chi connectivity index (χ2n) is 5.41. The summed E-state index contributed by atoms with van der Waals surface area (Å²) in [4.78, 5) is 6.89. The summed E-state index contributed by atoms with van der Waals surface area (Å²) in [5.41, 5.74) is 6.70. The average Bonchev–Trinajstić information content (AvgIpc) is 2.62. The van der Waals surface area contributed by atoms with Crippen LogP contribution in [0.2, 0.25) is 0 Å². The lowest BCUT2D eigenvalue weighted by Gasteiger charge is -2.41. The summed E-state index contributed by atoms with van der Waals surface area (Å²) in [5, 5.41) is 3.10. The highest BCUT2D eigenvalue weighted by Crippen LogP contribution is 2.29. The fourth-order valence-electron chi connectivity index (χ4n) is 2.23. The van der Waals surface area contributed by atoms with E-state index in [9.17, 15) is 0 Å². The van der Waals surface area contributed by atoms with Crippen molar-refractivity contribution in [2.24, 2.45) is 5.73 Å². The lowest BCUT2D eigenvalue weighted by molar-refractivity contribution is -0.0749. The Morgan fingerprint density at radius 1 is 1.65 bits per heavy atom. The van der Waals surface area contributed by atoms with Gasteiger partial charge in [-0.1, -0.05) is 0 Å². The molecule has 1 aromatic heterocycles. The van der Waals surface area contributed by atoms with Gasteiger partial charge in [-0.25, -0.2) is 4.98 Å². The first-order valence-corrected chi connectivity index (χ1v) is 6.89. The van der Waals surface area contributed by atoms with Gasteiger partial charge in [-0.05, 0) is 27.7 Å². The lowest BCUT2D eigenvalue weighted by atomic mass is 10.1. The van der Waals surface area contributed by atoms with Crippen LogP contribution in [-0.4, -0.2) is 29.8 Å². The Kier molecular flexibility index (Phi) is 3.43. The van der Waals surface area contributed by atoms with Crippen molar-refractivity contribution in [1.29, 1.82) is 0 Å². The molecule has 2 heterocycles. The maximum absolute atomic E-state index is 5.89. The minimum Gasteiger partial charge on any atom is -0.369 e. The molecule has 1 aliphatic rings. The Hall–Kier alpha value is -0.650. The Balaban J connectivity index is 2.15. The molecule has 2 rings (SSSR count). The molecule has 2 atom stereocenters. The molecular weight excluding hydrogens is 234 g/mol. The Labute approximate surface area is 107 Å². The van der Waals surface area contributed by atoms with Crippen LogP contribution in [0.5, 0.6) is 0 Å². The minimum atomic E-state index is -0.113. The van der Waals surface area contributed by atoms with Crippen molar-refractivity contribution < 1.29 is 4.74 Å². The molecule has 0 aromatic carbocycles. The van der Waals surface area contributed by atoms with E-state index in [0.29, 0.717) is 0 Å². The van der Waals surface area contributed by atoms with Crippen LogP contribution in [0.4, 0.5) is 5.13 Å². The van der Waals surface area contributed by atoms with Gasteiger partial charge in [-0.15, -0.1) is 11.3 Å². The maximum atomic E-state index is 5.89. The minimum absolute atomic E-state index is 0.00599. The number of thiazole rings is 1. The summed E-state index contributed by atoms with van der Waals surface area (Å²) in [5.74, 6) is 0. The van der Waals surface area contributed by atoms with Crippen LogP contribution >= 0.6 is 11.3 Å². The molecular formula is C12H21N3OS. The summed E-state index contributed by atoms with van der Waals surface area (Å²) < 4.78 is 5.89. The zero-order valence-electron chi connectivity index (χ0n) is 10.9. The topological polar surface area (TPSA) is 51.4 Å². The van der Waals surface area contributed by atoms with Crippen LogP contribution in [0.15, 0.2) is 5.38 Å². The second-order valence-corrected chi connectivity index (χ2v) is 6.25. The molecule has 1 aromatic rings. The molecule has 1 fully saturated rings. The van der Waals surface area contributed by atoms with E-state index in [-0.39, 0.29) is 17.7 Å². The molecule has 2 unspecified atom stereocenters. The van der Waals surface area contributed by atoms with E-state index in [0.717, 1.165) is 23.9 Å². The van der Waals surface area contributed by atoms with E-state index >= 15 is 0 Å². The van der Waals surface area contributed by atoms with Gasteiger partial charge >= 0.3 is 0 Å². The monoisotopic (exact) mass is 255 g/mol. The van der Waals surface area contributed by atoms with Gasteiger partial charge in [0.15, 0.2) is 5.13 Å². The van der Waals surface area contributed by atoms with Gasteiger partial charge in [0.25, 0.3) is 0 Å². The highest BCUT2D eigenvalue weighted by molar-refractivity contribution is 7.13. The third-order valence-corrected chi connectivity index (χ3v) is 3.74. The Morgan fingerprint density at radius 2 is 2.35 bits per heavy atom. The van der Waals surface area contributed by atoms with Crippen LogP contribution in [-0.2, 0) is 4.74 Å². The van der Waals surface area contributed by atoms with E-state index in [1.165, 1.54) is 0 Å². The normalized spacial score (nSPS) is 25.9. The Morgan fingerprint density at radius 3 is 2.88 bits per heavy atom. The SMILES string of the molecule is CC1CN(c2nc(C(C)N)cs2)CC(C)(C)O1. The predicted molar refractivity (Wildman–Crippen MR) is 71.6 cm³/mol. The summed E-state index contributed by atoms with van der Waals surface area (Å²) in [6.45, 7) is 10.1. The average molecular weight is 255 g/mol. The fourth-order valence-corrected chi connectivity index (χ4v) is 3.17. The van der Waals surface area contributed by atoms with E-state index in [2.05, 4.69) is 30.7 Å². The highest BCUT2D eigenvalue weighted by atomic mass is 32.1. The first kappa shape index (κ1) is 12.8. The molecule has 96 valence electrons. The number of hydrogen-bond acceptors (Lipinski definition) is 5. The fraction of sp³-hybridized carbons (Fsp3) is 0.750. The number of anilines is 1. The molecule has 4 nitrogen and oxygen atoms in total. The zero-order chi connectivity index (χ0) is 12.6. The van der Waals surface area contributed by atoms with Crippen molar-refractivity contribution in [1.82, 2.24) is 4.98 Å². The van der Waals surface area contributed by atoms with E-state index in [4.69, 9.17) is 10.5 Å². The van der Waals surface area contributed by atoms with E-state index in [1.54, 1.807) is 11.3 Å². The number of rotatable bonds is 2. The van der Waals surface area contributed by atoms with Crippen LogP contribution in [0.3, 0.4) is 0 Å². The van der Waals surface area contributed by atoms with Crippen molar-refractivity contribution in [3.05, 3.63) is 11.1 Å². The predicted octanol–water partition coefficient (Wildman–Crippen LogP) is 2.17. The van der Waals surface area contributed by atoms with Crippen LogP contribution < -0.4 is 10.6 Å². The highest BCUT2D eigenvalue weighted by Gasteiger charge is 2.32. The quantitative estimate of drug-likeness (QED) is 0.880. The standard InChI is InChI=1S/C12H21N3OS/c1-8-5-15(7-12(3,4)16-8)11-14-10(6-17-11)9(2)13/h6,8-9H,5,7,13H2,1-4H3. The summed E-state index contributed by atoms with van der Waals surface area (Å²) in [6.07, 6.45) is 0.237. The molecule has 0 saturated carbocycles.